The Morgan fingerprint density at radius 3 is 2.22 bits per heavy atom. The third kappa shape index (κ3) is 3.84. The van der Waals surface area contributed by atoms with E-state index in [1.165, 1.54) is 0 Å². The molecule has 0 bridgehead atoms. The summed E-state index contributed by atoms with van der Waals surface area (Å²) in [7, 11) is 2.12. The summed E-state index contributed by atoms with van der Waals surface area (Å²) in [6.07, 6.45) is 1.13. The van der Waals surface area contributed by atoms with Crippen LogP contribution in [0.2, 0.25) is 0 Å². The van der Waals surface area contributed by atoms with Gasteiger partial charge in [0.25, 0.3) is 0 Å². The van der Waals surface area contributed by atoms with Crippen molar-refractivity contribution in [2.45, 2.75) is 39.8 Å². The summed E-state index contributed by atoms with van der Waals surface area (Å²) in [6.45, 7) is 7.53. The normalized spacial score (nSPS) is 13.0. The molecule has 0 saturated heterocycles. The number of benzene rings is 1. The van der Waals surface area contributed by atoms with Gasteiger partial charge in [0.1, 0.15) is 0 Å². The maximum absolute atomic E-state index is 10.8. The minimum atomic E-state index is -0.872. The third-order valence-electron chi connectivity index (χ3n) is 3.39. The largest absolute Gasteiger partial charge is 0.478 e. The van der Waals surface area contributed by atoms with Crippen LogP contribution in [0.3, 0.4) is 0 Å². The Morgan fingerprint density at radius 1 is 1.28 bits per heavy atom. The zero-order valence-corrected chi connectivity index (χ0v) is 11.7. The van der Waals surface area contributed by atoms with Crippen molar-refractivity contribution in [1.29, 1.82) is 0 Å². The van der Waals surface area contributed by atoms with Crippen molar-refractivity contribution in [3.8, 4) is 0 Å². The molecule has 1 atom stereocenters. The van der Waals surface area contributed by atoms with Crippen LogP contribution in [-0.4, -0.2) is 29.1 Å². The lowest BCUT2D eigenvalue weighted by molar-refractivity contribution is 0.0697. The fourth-order valence-corrected chi connectivity index (χ4v) is 2.45. The van der Waals surface area contributed by atoms with Crippen LogP contribution in [0, 0.1) is 5.92 Å². The van der Waals surface area contributed by atoms with Gasteiger partial charge in [0, 0.05) is 12.6 Å². The third-order valence-corrected chi connectivity index (χ3v) is 3.39. The maximum Gasteiger partial charge on any atom is 0.335 e. The minimum absolute atomic E-state index is 0.345. The molecule has 1 aromatic carbocycles. The van der Waals surface area contributed by atoms with Crippen LogP contribution in [-0.2, 0) is 6.54 Å². The molecule has 100 valence electrons. The number of hydrogen-bond donors (Lipinski definition) is 1. The first-order chi connectivity index (χ1) is 8.45. The van der Waals surface area contributed by atoms with Crippen LogP contribution in [0.25, 0.3) is 0 Å². The average molecular weight is 249 g/mol. The molecule has 1 unspecified atom stereocenters. The summed E-state index contributed by atoms with van der Waals surface area (Å²) in [4.78, 5) is 13.1. The van der Waals surface area contributed by atoms with E-state index >= 15 is 0 Å². The smallest absolute Gasteiger partial charge is 0.335 e. The summed E-state index contributed by atoms with van der Waals surface area (Å²) in [5.41, 5.74) is 1.50. The molecule has 3 nitrogen and oxygen atoms in total. The molecule has 0 aliphatic rings. The number of aromatic carboxylic acids is 1. The SMILES string of the molecule is CCC(C(C)C)N(C)Cc1ccc(C(=O)O)cc1. The molecule has 0 saturated carbocycles. The number of carboxylic acids is 1. The monoisotopic (exact) mass is 249 g/mol. The van der Waals surface area contributed by atoms with Gasteiger partial charge in [-0.1, -0.05) is 32.9 Å². The molecule has 0 spiro atoms. The zero-order valence-electron chi connectivity index (χ0n) is 11.7. The number of hydrogen-bond acceptors (Lipinski definition) is 2. The van der Waals surface area contributed by atoms with Crippen molar-refractivity contribution < 1.29 is 9.90 Å². The van der Waals surface area contributed by atoms with Gasteiger partial charge >= 0.3 is 5.97 Å². The van der Waals surface area contributed by atoms with E-state index in [0.717, 1.165) is 18.5 Å². The van der Waals surface area contributed by atoms with Crippen LogP contribution in [0.1, 0.15) is 43.1 Å². The van der Waals surface area contributed by atoms with Crippen LogP contribution in [0.15, 0.2) is 24.3 Å². The van der Waals surface area contributed by atoms with Gasteiger partial charge < -0.3 is 5.11 Å². The van der Waals surface area contributed by atoms with E-state index in [1.54, 1.807) is 12.1 Å². The van der Waals surface area contributed by atoms with Crippen molar-refractivity contribution in [3.05, 3.63) is 35.4 Å². The van der Waals surface area contributed by atoms with Gasteiger partial charge in [0.05, 0.1) is 5.56 Å². The van der Waals surface area contributed by atoms with Gasteiger partial charge in [0.15, 0.2) is 0 Å². The number of carboxylic acid groups (broad SMARTS) is 1. The van der Waals surface area contributed by atoms with Gasteiger partial charge in [0.2, 0.25) is 0 Å². The quantitative estimate of drug-likeness (QED) is 0.841. The Hall–Kier alpha value is -1.35. The molecule has 0 aliphatic carbocycles. The van der Waals surface area contributed by atoms with E-state index in [4.69, 9.17) is 5.11 Å². The molecule has 0 heterocycles. The first-order valence-electron chi connectivity index (χ1n) is 6.48. The summed E-state index contributed by atoms with van der Waals surface area (Å²) in [5.74, 6) is -0.248. The van der Waals surface area contributed by atoms with Crippen LogP contribution in [0.5, 0.6) is 0 Å². The first-order valence-corrected chi connectivity index (χ1v) is 6.48. The summed E-state index contributed by atoms with van der Waals surface area (Å²) in [6, 6.07) is 7.69. The molecule has 1 rings (SSSR count). The van der Waals surface area contributed by atoms with Crippen molar-refractivity contribution in [2.75, 3.05) is 7.05 Å². The van der Waals surface area contributed by atoms with Crippen LogP contribution in [0.4, 0.5) is 0 Å². The molecule has 18 heavy (non-hydrogen) atoms. The minimum Gasteiger partial charge on any atom is -0.478 e. The van der Waals surface area contributed by atoms with Gasteiger partial charge in [-0.05, 0) is 37.1 Å². The van der Waals surface area contributed by atoms with Crippen molar-refractivity contribution in [2.24, 2.45) is 5.92 Å². The van der Waals surface area contributed by atoms with Crippen molar-refractivity contribution in [3.63, 3.8) is 0 Å². The topological polar surface area (TPSA) is 40.5 Å². The molecule has 3 heteroatoms. The van der Waals surface area contributed by atoms with Gasteiger partial charge in [-0.15, -0.1) is 0 Å². The first kappa shape index (κ1) is 14.7. The Labute approximate surface area is 109 Å². The highest BCUT2D eigenvalue weighted by molar-refractivity contribution is 5.87. The molecule has 0 radical (unpaired) electrons. The van der Waals surface area contributed by atoms with E-state index in [-0.39, 0.29) is 0 Å². The second-order valence-electron chi connectivity index (χ2n) is 5.14. The molecule has 0 amide bonds. The van der Waals surface area contributed by atoms with E-state index in [0.29, 0.717) is 17.5 Å². The Kier molecular flexibility index (Phi) is 5.35. The van der Waals surface area contributed by atoms with Crippen LogP contribution >= 0.6 is 0 Å². The van der Waals surface area contributed by atoms with Gasteiger partial charge in [-0.2, -0.15) is 0 Å². The summed E-state index contributed by atoms with van der Waals surface area (Å²) < 4.78 is 0. The predicted octanol–water partition coefficient (Wildman–Crippen LogP) is 3.25. The fraction of sp³-hybridized carbons (Fsp3) is 0.533. The summed E-state index contributed by atoms with van der Waals surface area (Å²) >= 11 is 0. The van der Waals surface area contributed by atoms with Crippen molar-refractivity contribution >= 4 is 5.97 Å². The predicted molar refractivity (Wildman–Crippen MR) is 73.8 cm³/mol. The Balaban J connectivity index is 2.69. The molecule has 0 fully saturated rings. The Morgan fingerprint density at radius 2 is 1.83 bits per heavy atom. The van der Waals surface area contributed by atoms with E-state index in [9.17, 15) is 4.79 Å². The maximum atomic E-state index is 10.8. The standard InChI is InChI=1S/C15H23NO2/c1-5-14(11(2)3)16(4)10-12-6-8-13(9-7-12)15(17)18/h6-9,11,14H,5,10H2,1-4H3,(H,17,18). The number of nitrogens with zero attached hydrogens (tertiary/aromatic N) is 1. The highest BCUT2D eigenvalue weighted by Gasteiger charge is 2.16. The number of rotatable bonds is 6. The summed E-state index contributed by atoms with van der Waals surface area (Å²) in [5, 5.41) is 8.85. The molecular formula is C15H23NO2. The lowest BCUT2D eigenvalue weighted by atomic mass is 9.99. The van der Waals surface area contributed by atoms with E-state index in [2.05, 4.69) is 32.7 Å². The second-order valence-corrected chi connectivity index (χ2v) is 5.14. The van der Waals surface area contributed by atoms with E-state index in [1.807, 2.05) is 12.1 Å². The molecule has 1 N–H and O–H groups in total. The second kappa shape index (κ2) is 6.55. The molecule has 0 aromatic heterocycles. The highest BCUT2D eigenvalue weighted by atomic mass is 16.4. The highest BCUT2D eigenvalue weighted by Crippen LogP contribution is 2.16. The van der Waals surface area contributed by atoms with Gasteiger partial charge in [-0.3, -0.25) is 4.90 Å². The molecule has 0 aliphatic heterocycles. The molecule has 1 aromatic rings. The van der Waals surface area contributed by atoms with Gasteiger partial charge in [-0.25, -0.2) is 4.79 Å². The average Bonchev–Trinajstić information content (AvgIpc) is 2.29. The lowest BCUT2D eigenvalue weighted by Gasteiger charge is -2.30. The zero-order chi connectivity index (χ0) is 13.7. The van der Waals surface area contributed by atoms with Crippen molar-refractivity contribution in [1.82, 2.24) is 4.90 Å². The van der Waals surface area contributed by atoms with E-state index < -0.39 is 5.97 Å². The molecular weight excluding hydrogens is 226 g/mol. The fourth-order valence-electron chi connectivity index (χ4n) is 2.45. The Bertz CT molecular complexity index is 384. The lowest BCUT2D eigenvalue weighted by Crippen LogP contribution is -2.34. The number of carbonyl (C=O) groups is 1. The van der Waals surface area contributed by atoms with Crippen LogP contribution < -0.4 is 0 Å².